The predicted octanol–water partition coefficient (Wildman–Crippen LogP) is 1.61. The highest BCUT2D eigenvalue weighted by atomic mass is 32.2. The minimum absolute atomic E-state index is 0.321. The number of thioether (sulfide) groups is 1. The Labute approximate surface area is 61.8 Å². The van der Waals surface area contributed by atoms with E-state index in [0.717, 1.165) is 5.75 Å². The third-order valence-corrected chi connectivity index (χ3v) is 2.55. The first kappa shape index (κ1) is 9.31. The third-order valence-electron chi connectivity index (χ3n) is 1.69. The minimum Gasteiger partial charge on any atom is -0.396 e. The van der Waals surface area contributed by atoms with Crippen LogP contribution in [0.5, 0.6) is 0 Å². The van der Waals surface area contributed by atoms with Gasteiger partial charge in [-0.1, -0.05) is 13.8 Å². The van der Waals surface area contributed by atoms with E-state index < -0.39 is 0 Å². The molecule has 0 aliphatic carbocycles. The second-order valence-corrected chi connectivity index (χ2v) is 3.50. The Bertz CT molecular complexity index is 65.9. The van der Waals surface area contributed by atoms with Crippen LogP contribution in [0.2, 0.25) is 0 Å². The Morgan fingerprint density at radius 1 is 1.33 bits per heavy atom. The fourth-order valence-electron chi connectivity index (χ4n) is 0.607. The summed E-state index contributed by atoms with van der Waals surface area (Å²) in [5.41, 5.74) is 0. The lowest BCUT2D eigenvalue weighted by Crippen LogP contribution is -2.13. The van der Waals surface area contributed by atoms with Crippen molar-refractivity contribution in [3.63, 3.8) is 0 Å². The maximum absolute atomic E-state index is 8.72. The molecular formula is C7H16OS. The Morgan fingerprint density at radius 3 is 2.22 bits per heavy atom. The van der Waals surface area contributed by atoms with Crippen LogP contribution in [-0.2, 0) is 0 Å². The minimum atomic E-state index is 0.321. The molecule has 0 saturated heterocycles. The molecule has 0 amide bonds. The van der Waals surface area contributed by atoms with Gasteiger partial charge in [-0.15, -0.1) is 0 Å². The van der Waals surface area contributed by atoms with Crippen LogP contribution in [0.25, 0.3) is 0 Å². The van der Waals surface area contributed by atoms with Crippen LogP contribution < -0.4 is 0 Å². The van der Waals surface area contributed by atoms with Crippen molar-refractivity contribution in [2.24, 2.45) is 11.8 Å². The SMILES string of the molecule is CSCC(C)[C@H](C)CO. The van der Waals surface area contributed by atoms with Gasteiger partial charge in [0.25, 0.3) is 0 Å². The summed E-state index contributed by atoms with van der Waals surface area (Å²) in [6.07, 6.45) is 2.10. The van der Waals surface area contributed by atoms with E-state index in [1.54, 1.807) is 0 Å². The quantitative estimate of drug-likeness (QED) is 0.653. The first-order valence-electron chi connectivity index (χ1n) is 3.32. The fraction of sp³-hybridized carbons (Fsp3) is 1.00. The molecule has 9 heavy (non-hydrogen) atoms. The number of hydrogen-bond donors (Lipinski definition) is 1. The molecule has 1 nitrogen and oxygen atoms in total. The van der Waals surface area contributed by atoms with E-state index in [1.165, 1.54) is 0 Å². The summed E-state index contributed by atoms with van der Waals surface area (Å²) in [6, 6.07) is 0. The van der Waals surface area contributed by atoms with Crippen LogP contribution in [0.3, 0.4) is 0 Å². The van der Waals surface area contributed by atoms with E-state index in [1.807, 2.05) is 11.8 Å². The van der Waals surface area contributed by atoms with Crippen LogP contribution in [0.1, 0.15) is 13.8 Å². The molecule has 0 radical (unpaired) electrons. The highest BCUT2D eigenvalue weighted by Gasteiger charge is 2.08. The molecule has 0 rings (SSSR count). The molecule has 2 atom stereocenters. The topological polar surface area (TPSA) is 20.2 Å². The Kier molecular flexibility index (Phi) is 5.30. The molecular weight excluding hydrogens is 132 g/mol. The average molecular weight is 148 g/mol. The van der Waals surface area contributed by atoms with Crippen molar-refractivity contribution in [1.82, 2.24) is 0 Å². The van der Waals surface area contributed by atoms with Gasteiger partial charge in [0.1, 0.15) is 0 Å². The van der Waals surface area contributed by atoms with Crippen molar-refractivity contribution < 1.29 is 5.11 Å². The molecule has 56 valence electrons. The zero-order chi connectivity index (χ0) is 7.28. The van der Waals surface area contributed by atoms with Crippen molar-refractivity contribution in [1.29, 1.82) is 0 Å². The Morgan fingerprint density at radius 2 is 1.89 bits per heavy atom. The molecule has 0 spiro atoms. The number of aliphatic hydroxyl groups excluding tert-OH is 1. The van der Waals surface area contributed by atoms with E-state index in [-0.39, 0.29) is 0 Å². The summed E-state index contributed by atoms with van der Waals surface area (Å²) in [4.78, 5) is 0. The summed E-state index contributed by atoms with van der Waals surface area (Å²) < 4.78 is 0. The summed E-state index contributed by atoms with van der Waals surface area (Å²) in [5.74, 6) is 2.25. The zero-order valence-corrected chi connectivity index (χ0v) is 7.24. The standard InChI is InChI=1S/C7H16OS/c1-6(4-8)7(2)5-9-3/h6-8H,4-5H2,1-3H3/t6-,7?/m1/s1. The number of aliphatic hydroxyl groups is 1. The summed E-state index contributed by atoms with van der Waals surface area (Å²) in [6.45, 7) is 4.58. The average Bonchev–Trinajstić information content (AvgIpc) is 1.87. The van der Waals surface area contributed by atoms with Gasteiger partial charge >= 0.3 is 0 Å². The second kappa shape index (κ2) is 5.12. The molecule has 1 N–H and O–H groups in total. The van der Waals surface area contributed by atoms with E-state index >= 15 is 0 Å². The highest BCUT2D eigenvalue weighted by Crippen LogP contribution is 2.13. The normalized spacial score (nSPS) is 17.3. The number of hydrogen-bond acceptors (Lipinski definition) is 2. The van der Waals surface area contributed by atoms with Gasteiger partial charge in [0.15, 0.2) is 0 Å². The van der Waals surface area contributed by atoms with Crippen molar-refractivity contribution in [2.75, 3.05) is 18.6 Å². The van der Waals surface area contributed by atoms with Crippen LogP contribution in [0, 0.1) is 11.8 Å². The van der Waals surface area contributed by atoms with Gasteiger partial charge in [-0.05, 0) is 23.8 Å². The molecule has 1 unspecified atom stereocenters. The lowest BCUT2D eigenvalue weighted by atomic mass is 9.99. The molecule has 0 saturated carbocycles. The van der Waals surface area contributed by atoms with Crippen LogP contribution in [0.15, 0.2) is 0 Å². The van der Waals surface area contributed by atoms with Crippen molar-refractivity contribution >= 4 is 11.8 Å². The van der Waals surface area contributed by atoms with Gasteiger partial charge in [-0.2, -0.15) is 11.8 Å². The first-order chi connectivity index (χ1) is 4.22. The van der Waals surface area contributed by atoms with E-state index in [0.29, 0.717) is 18.4 Å². The van der Waals surface area contributed by atoms with Gasteiger partial charge in [0, 0.05) is 6.61 Å². The predicted molar refractivity (Wildman–Crippen MR) is 43.8 cm³/mol. The van der Waals surface area contributed by atoms with Crippen LogP contribution >= 0.6 is 11.8 Å². The molecule has 0 heterocycles. The van der Waals surface area contributed by atoms with Crippen molar-refractivity contribution in [2.45, 2.75) is 13.8 Å². The summed E-state index contributed by atoms with van der Waals surface area (Å²) in [5, 5.41) is 8.72. The fourth-order valence-corrected chi connectivity index (χ4v) is 1.46. The molecule has 0 bridgehead atoms. The summed E-state index contributed by atoms with van der Waals surface area (Å²) >= 11 is 1.84. The lowest BCUT2D eigenvalue weighted by molar-refractivity contribution is 0.205. The first-order valence-corrected chi connectivity index (χ1v) is 4.71. The maximum atomic E-state index is 8.72. The van der Waals surface area contributed by atoms with Gasteiger partial charge in [0.2, 0.25) is 0 Å². The van der Waals surface area contributed by atoms with Gasteiger partial charge in [-0.25, -0.2) is 0 Å². The van der Waals surface area contributed by atoms with Gasteiger partial charge in [0.05, 0.1) is 0 Å². The third kappa shape index (κ3) is 3.82. The zero-order valence-electron chi connectivity index (χ0n) is 6.42. The molecule has 0 aromatic heterocycles. The molecule has 0 aliphatic rings. The second-order valence-electron chi connectivity index (χ2n) is 2.59. The molecule has 0 fully saturated rings. The lowest BCUT2D eigenvalue weighted by Gasteiger charge is -2.15. The smallest absolute Gasteiger partial charge is 0.0459 e. The molecule has 2 heteroatoms. The van der Waals surface area contributed by atoms with E-state index in [2.05, 4.69) is 20.1 Å². The Balaban J connectivity index is 3.32. The molecule has 0 aromatic carbocycles. The van der Waals surface area contributed by atoms with E-state index in [9.17, 15) is 0 Å². The highest BCUT2D eigenvalue weighted by molar-refractivity contribution is 7.98. The Hall–Kier alpha value is 0.310. The van der Waals surface area contributed by atoms with Crippen LogP contribution in [-0.4, -0.2) is 23.7 Å². The largest absolute Gasteiger partial charge is 0.396 e. The van der Waals surface area contributed by atoms with Crippen molar-refractivity contribution in [3.05, 3.63) is 0 Å². The monoisotopic (exact) mass is 148 g/mol. The molecule has 0 aromatic rings. The maximum Gasteiger partial charge on any atom is 0.0459 e. The van der Waals surface area contributed by atoms with Gasteiger partial charge < -0.3 is 5.11 Å². The number of rotatable bonds is 4. The molecule has 0 aliphatic heterocycles. The van der Waals surface area contributed by atoms with E-state index in [4.69, 9.17) is 5.11 Å². The van der Waals surface area contributed by atoms with Gasteiger partial charge in [-0.3, -0.25) is 0 Å². The van der Waals surface area contributed by atoms with Crippen LogP contribution in [0.4, 0.5) is 0 Å². The van der Waals surface area contributed by atoms with Crippen molar-refractivity contribution in [3.8, 4) is 0 Å². The summed E-state index contributed by atoms with van der Waals surface area (Å²) in [7, 11) is 0.